The summed E-state index contributed by atoms with van der Waals surface area (Å²) in [6.45, 7) is 2.03. The minimum atomic E-state index is 0.753. The fourth-order valence-electron chi connectivity index (χ4n) is 2.32. The van der Waals surface area contributed by atoms with Crippen molar-refractivity contribution in [1.29, 1.82) is 0 Å². The number of anilines is 2. The van der Waals surface area contributed by atoms with Gasteiger partial charge in [0.2, 0.25) is 10.3 Å². The van der Waals surface area contributed by atoms with Gasteiger partial charge in [-0.1, -0.05) is 53.9 Å². The monoisotopic (exact) mass is 380 g/mol. The average molecular weight is 381 g/mol. The van der Waals surface area contributed by atoms with Crippen LogP contribution in [0.25, 0.3) is 20.4 Å². The van der Waals surface area contributed by atoms with Gasteiger partial charge in [-0.3, -0.25) is 10.9 Å². The quantitative estimate of drug-likeness (QED) is 0.357. The van der Waals surface area contributed by atoms with Gasteiger partial charge < -0.3 is 0 Å². The van der Waals surface area contributed by atoms with Crippen LogP contribution in [0.2, 0.25) is 0 Å². The molecule has 0 saturated heterocycles. The molecule has 0 radical (unpaired) electrons. The Hall–Kier alpha value is -2.84. The van der Waals surface area contributed by atoms with Gasteiger partial charge in [0.1, 0.15) is 0 Å². The molecule has 26 heavy (non-hydrogen) atoms. The average Bonchev–Trinajstić information content (AvgIpc) is 3.27. The lowest BCUT2D eigenvalue weighted by atomic mass is 10.3. The van der Waals surface area contributed by atoms with Gasteiger partial charge in [-0.25, -0.2) is 9.97 Å². The van der Waals surface area contributed by atoms with E-state index in [1.165, 1.54) is 0 Å². The number of thiazole rings is 2. The van der Waals surface area contributed by atoms with Crippen LogP contribution in [-0.2, 0) is 0 Å². The van der Waals surface area contributed by atoms with E-state index in [1.807, 2.05) is 55.5 Å². The van der Waals surface area contributed by atoms with Gasteiger partial charge in [0.15, 0.2) is 0 Å². The van der Waals surface area contributed by atoms with E-state index in [9.17, 15) is 0 Å². The number of para-hydroxylation sites is 2. The number of benzene rings is 2. The summed E-state index contributed by atoms with van der Waals surface area (Å²) in [6.07, 6.45) is 2.45. The number of fused-ring (bicyclic) bond motifs is 2. The zero-order chi connectivity index (χ0) is 17.8. The fraction of sp³-hybridized carbons (Fsp3) is 0.111. The molecule has 0 spiro atoms. The van der Waals surface area contributed by atoms with E-state index in [0.717, 1.165) is 42.8 Å². The van der Waals surface area contributed by atoms with Gasteiger partial charge in [-0.05, 0) is 30.7 Å². The lowest BCUT2D eigenvalue weighted by molar-refractivity contribution is 1.23. The first-order chi connectivity index (χ1) is 12.8. The fourth-order valence-corrected chi connectivity index (χ4v) is 3.94. The number of hydrogen-bond donors (Lipinski definition) is 2. The van der Waals surface area contributed by atoms with Crippen LogP contribution in [-0.4, -0.2) is 21.9 Å². The van der Waals surface area contributed by atoms with Crippen molar-refractivity contribution in [3.8, 4) is 0 Å². The third kappa shape index (κ3) is 3.71. The van der Waals surface area contributed by atoms with Crippen molar-refractivity contribution in [1.82, 2.24) is 9.97 Å². The second kappa shape index (κ2) is 7.59. The number of hydrogen-bond acceptors (Lipinski definition) is 8. The Kier molecular flexibility index (Phi) is 4.85. The van der Waals surface area contributed by atoms with Gasteiger partial charge in [0.05, 0.1) is 32.4 Å². The first-order valence-electron chi connectivity index (χ1n) is 8.14. The number of hydrazone groups is 2. The predicted octanol–water partition coefficient (Wildman–Crippen LogP) is 5.18. The van der Waals surface area contributed by atoms with Crippen molar-refractivity contribution < 1.29 is 0 Å². The molecule has 0 saturated carbocycles. The van der Waals surface area contributed by atoms with Crippen molar-refractivity contribution in [2.75, 3.05) is 10.9 Å². The Morgan fingerprint density at radius 2 is 1.50 bits per heavy atom. The van der Waals surface area contributed by atoms with Gasteiger partial charge in [-0.15, -0.1) is 0 Å². The molecule has 0 aliphatic rings. The zero-order valence-electron chi connectivity index (χ0n) is 14.0. The van der Waals surface area contributed by atoms with E-state index in [0.29, 0.717) is 0 Å². The molecule has 0 atom stereocenters. The van der Waals surface area contributed by atoms with E-state index in [-0.39, 0.29) is 0 Å². The molecule has 2 aromatic carbocycles. The van der Waals surface area contributed by atoms with E-state index in [1.54, 1.807) is 28.9 Å². The van der Waals surface area contributed by atoms with Crippen LogP contribution >= 0.6 is 22.7 Å². The molecule has 8 heteroatoms. The molecular formula is C18H16N6S2. The zero-order valence-corrected chi connectivity index (χ0v) is 15.6. The van der Waals surface area contributed by atoms with Crippen molar-refractivity contribution in [3.63, 3.8) is 0 Å². The Morgan fingerprint density at radius 1 is 0.923 bits per heavy atom. The summed E-state index contributed by atoms with van der Waals surface area (Å²) in [4.78, 5) is 8.99. The van der Waals surface area contributed by atoms with Crippen molar-refractivity contribution in [2.45, 2.75) is 13.3 Å². The molecule has 6 nitrogen and oxygen atoms in total. The van der Waals surface area contributed by atoms with Gasteiger partial charge in [0, 0.05) is 0 Å². The summed E-state index contributed by atoms with van der Waals surface area (Å²) >= 11 is 3.14. The molecule has 0 unspecified atom stereocenters. The maximum atomic E-state index is 4.50. The van der Waals surface area contributed by atoms with Crippen LogP contribution < -0.4 is 10.9 Å². The molecule has 4 aromatic rings. The molecule has 0 fully saturated rings. The van der Waals surface area contributed by atoms with Crippen molar-refractivity contribution in [2.24, 2.45) is 10.2 Å². The highest BCUT2D eigenvalue weighted by Crippen LogP contribution is 2.26. The third-order valence-electron chi connectivity index (χ3n) is 3.62. The predicted molar refractivity (Wildman–Crippen MR) is 113 cm³/mol. The van der Waals surface area contributed by atoms with Crippen molar-refractivity contribution in [3.05, 3.63) is 48.5 Å². The molecule has 0 amide bonds. The molecule has 130 valence electrons. The van der Waals surface area contributed by atoms with Crippen molar-refractivity contribution >= 4 is 65.3 Å². The first kappa shape index (κ1) is 16.6. The highest BCUT2D eigenvalue weighted by Gasteiger charge is 2.03. The van der Waals surface area contributed by atoms with Crippen LogP contribution in [0.1, 0.15) is 13.3 Å². The first-order valence-corrected chi connectivity index (χ1v) is 9.78. The molecule has 0 bridgehead atoms. The molecule has 4 rings (SSSR count). The van der Waals surface area contributed by atoms with Crippen LogP contribution in [0.15, 0.2) is 58.7 Å². The van der Waals surface area contributed by atoms with E-state index in [4.69, 9.17) is 0 Å². The third-order valence-corrected chi connectivity index (χ3v) is 5.50. The van der Waals surface area contributed by atoms with Crippen LogP contribution in [0, 0.1) is 0 Å². The number of nitrogens with zero attached hydrogens (tertiary/aromatic N) is 4. The van der Waals surface area contributed by atoms with Crippen LogP contribution in [0.5, 0.6) is 0 Å². The summed E-state index contributed by atoms with van der Waals surface area (Å²) in [5.41, 5.74) is 8.75. The second-order valence-corrected chi connectivity index (χ2v) is 7.47. The Balaban J connectivity index is 1.42. The lowest BCUT2D eigenvalue weighted by Gasteiger charge is -1.98. The largest absolute Gasteiger partial charge is 0.253 e. The van der Waals surface area contributed by atoms with Gasteiger partial charge in [-0.2, -0.15) is 10.2 Å². The lowest BCUT2D eigenvalue weighted by Crippen LogP contribution is -2.04. The van der Waals surface area contributed by atoms with Crippen LogP contribution in [0.3, 0.4) is 0 Å². The Labute approximate surface area is 158 Å². The number of aromatic nitrogens is 2. The van der Waals surface area contributed by atoms with Gasteiger partial charge >= 0.3 is 0 Å². The highest BCUT2D eigenvalue weighted by atomic mass is 32.1. The summed E-state index contributed by atoms with van der Waals surface area (Å²) < 4.78 is 2.27. The number of nitrogens with one attached hydrogen (secondary N) is 2. The summed E-state index contributed by atoms with van der Waals surface area (Å²) in [5, 5.41) is 10.2. The molecule has 2 N–H and O–H groups in total. The molecule has 0 aliphatic heterocycles. The Morgan fingerprint density at radius 3 is 2.08 bits per heavy atom. The highest BCUT2D eigenvalue weighted by molar-refractivity contribution is 7.22. The van der Waals surface area contributed by atoms with E-state index in [2.05, 4.69) is 31.0 Å². The van der Waals surface area contributed by atoms with Crippen LogP contribution in [0.4, 0.5) is 10.3 Å². The normalized spacial score (nSPS) is 12.3. The topological polar surface area (TPSA) is 74.6 Å². The standard InChI is InChI=1S/C18H16N6S2/c1-2-12(22-24-18-21-14-8-4-6-10-16(14)26-18)11-19-23-17-20-13-7-3-5-9-15(13)25-17/h3-11H,2H2,1H3,(H,20,23)(H,21,24)/b19-11+,22-12+. The second-order valence-electron chi connectivity index (χ2n) is 5.41. The smallest absolute Gasteiger partial charge is 0.204 e. The molecule has 2 heterocycles. The minimum absolute atomic E-state index is 0.753. The van der Waals surface area contributed by atoms with E-state index >= 15 is 0 Å². The summed E-state index contributed by atoms with van der Waals surface area (Å²) in [6, 6.07) is 16.0. The SMILES string of the molecule is CCC(/C=N/Nc1nc2ccccc2s1)=N\Nc1nc2ccccc2s1. The maximum absolute atomic E-state index is 4.50. The van der Waals surface area contributed by atoms with E-state index < -0.39 is 0 Å². The molecular weight excluding hydrogens is 364 g/mol. The minimum Gasteiger partial charge on any atom is -0.253 e. The number of rotatable bonds is 6. The Bertz CT molecular complexity index is 1030. The molecule has 0 aliphatic carbocycles. The molecule has 2 aromatic heterocycles. The summed E-state index contributed by atoms with van der Waals surface area (Å²) in [5.74, 6) is 0. The van der Waals surface area contributed by atoms with Gasteiger partial charge in [0.25, 0.3) is 0 Å². The summed E-state index contributed by atoms with van der Waals surface area (Å²) in [7, 11) is 0. The maximum Gasteiger partial charge on any atom is 0.204 e.